The van der Waals surface area contributed by atoms with Crippen LogP contribution in [-0.4, -0.2) is 10.7 Å². The third-order valence-electron chi connectivity index (χ3n) is 4.06. The van der Waals surface area contributed by atoms with E-state index in [9.17, 15) is 5.11 Å². The zero-order chi connectivity index (χ0) is 12.8. The van der Waals surface area contributed by atoms with Crippen molar-refractivity contribution >= 4 is 0 Å². The van der Waals surface area contributed by atoms with Gasteiger partial charge in [-0.15, -0.1) is 11.8 Å². The Morgan fingerprint density at radius 2 is 2.06 bits per heavy atom. The standard InChI is InChI=1S/C17H22O/c1-2-3-8-13-17(18)14-9-7-12-16(17)15-10-5-4-6-11-15/h4-6,10-11,16,18H,7-9,12-14H2,1H3. The van der Waals surface area contributed by atoms with Gasteiger partial charge in [-0.3, -0.25) is 0 Å². The molecule has 18 heavy (non-hydrogen) atoms. The van der Waals surface area contributed by atoms with Gasteiger partial charge in [-0.25, -0.2) is 0 Å². The van der Waals surface area contributed by atoms with Crippen molar-refractivity contribution in [2.45, 2.75) is 57.0 Å². The van der Waals surface area contributed by atoms with Gasteiger partial charge in [0, 0.05) is 12.3 Å². The molecule has 1 fully saturated rings. The van der Waals surface area contributed by atoms with E-state index in [2.05, 4.69) is 36.1 Å². The van der Waals surface area contributed by atoms with E-state index in [0.29, 0.717) is 0 Å². The molecule has 1 aliphatic rings. The van der Waals surface area contributed by atoms with Crippen LogP contribution in [0.1, 0.15) is 56.9 Å². The van der Waals surface area contributed by atoms with Crippen molar-refractivity contribution < 1.29 is 5.11 Å². The Hall–Kier alpha value is -1.26. The molecule has 96 valence electrons. The van der Waals surface area contributed by atoms with Crippen LogP contribution in [0.3, 0.4) is 0 Å². The fourth-order valence-electron chi connectivity index (χ4n) is 3.09. The highest BCUT2D eigenvalue weighted by Crippen LogP contribution is 2.43. The minimum atomic E-state index is -0.552. The molecule has 2 atom stereocenters. The van der Waals surface area contributed by atoms with E-state index >= 15 is 0 Å². The van der Waals surface area contributed by atoms with Crippen LogP contribution >= 0.6 is 0 Å². The molecule has 1 N–H and O–H groups in total. The van der Waals surface area contributed by atoms with Gasteiger partial charge in [0.15, 0.2) is 0 Å². The first-order chi connectivity index (χ1) is 8.76. The molecule has 0 radical (unpaired) electrons. The Kier molecular flexibility index (Phi) is 4.44. The van der Waals surface area contributed by atoms with E-state index < -0.39 is 5.60 Å². The molecule has 2 unspecified atom stereocenters. The topological polar surface area (TPSA) is 20.2 Å². The molecule has 1 aromatic rings. The summed E-state index contributed by atoms with van der Waals surface area (Å²) in [5.74, 6) is 6.28. The van der Waals surface area contributed by atoms with E-state index in [4.69, 9.17) is 0 Å². The van der Waals surface area contributed by atoms with Crippen molar-refractivity contribution in [3.63, 3.8) is 0 Å². The van der Waals surface area contributed by atoms with Crippen molar-refractivity contribution in [2.24, 2.45) is 0 Å². The zero-order valence-electron chi connectivity index (χ0n) is 11.2. The van der Waals surface area contributed by atoms with Gasteiger partial charge < -0.3 is 5.11 Å². The maximum absolute atomic E-state index is 10.9. The molecule has 0 amide bonds. The number of aliphatic hydroxyl groups is 1. The third-order valence-corrected chi connectivity index (χ3v) is 4.06. The van der Waals surface area contributed by atoms with Gasteiger partial charge in [-0.1, -0.05) is 43.2 Å². The lowest BCUT2D eigenvalue weighted by Gasteiger charge is -2.40. The lowest BCUT2D eigenvalue weighted by atomic mass is 9.70. The van der Waals surface area contributed by atoms with E-state index in [1.807, 2.05) is 13.0 Å². The molecule has 0 aliphatic heterocycles. The van der Waals surface area contributed by atoms with Crippen LogP contribution in [0, 0.1) is 11.8 Å². The summed E-state index contributed by atoms with van der Waals surface area (Å²) in [7, 11) is 0. The van der Waals surface area contributed by atoms with E-state index in [0.717, 1.165) is 32.1 Å². The van der Waals surface area contributed by atoms with Crippen molar-refractivity contribution in [1.29, 1.82) is 0 Å². The average Bonchev–Trinajstić information content (AvgIpc) is 2.40. The van der Waals surface area contributed by atoms with Gasteiger partial charge >= 0.3 is 0 Å². The second-order valence-electron chi connectivity index (χ2n) is 5.24. The van der Waals surface area contributed by atoms with Crippen molar-refractivity contribution in [2.75, 3.05) is 0 Å². The Labute approximate surface area is 110 Å². The molecule has 0 heterocycles. The molecule has 2 rings (SSSR count). The first-order valence-corrected chi connectivity index (χ1v) is 6.93. The quantitative estimate of drug-likeness (QED) is 0.798. The number of hydrogen-bond acceptors (Lipinski definition) is 1. The predicted molar refractivity (Wildman–Crippen MR) is 75.3 cm³/mol. The fraction of sp³-hybridized carbons (Fsp3) is 0.529. The van der Waals surface area contributed by atoms with E-state index in [1.165, 1.54) is 12.0 Å². The van der Waals surface area contributed by atoms with Gasteiger partial charge in [-0.05, 0) is 31.7 Å². The van der Waals surface area contributed by atoms with Gasteiger partial charge in [0.25, 0.3) is 0 Å². The maximum atomic E-state index is 10.9. The largest absolute Gasteiger partial charge is 0.389 e. The Balaban J connectivity index is 2.16. The molecule has 1 aliphatic carbocycles. The van der Waals surface area contributed by atoms with Crippen LogP contribution in [0.2, 0.25) is 0 Å². The summed E-state index contributed by atoms with van der Waals surface area (Å²) in [6.45, 7) is 1.86. The second-order valence-corrected chi connectivity index (χ2v) is 5.24. The normalized spacial score (nSPS) is 27.3. The molecule has 0 aromatic heterocycles. The summed E-state index contributed by atoms with van der Waals surface area (Å²) >= 11 is 0. The molecular formula is C17H22O. The lowest BCUT2D eigenvalue weighted by molar-refractivity contribution is -0.0231. The highest BCUT2D eigenvalue weighted by atomic mass is 16.3. The van der Waals surface area contributed by atoms with E-state index in [-0.39, 0.29) is 5.92 Å². The summed E-state index contributed by atoms with van der Waals surface area (Å²) in [5, 5.41) is 10.9. The zero-order valence-corrected chi connectivity index (χ0v) is 11.2. The monoisotopic (exact) mass is 242 g/mol. The Morgan fingerprint density at radius 1 is 1.28 bits per heavy atom. The summed E-state index contributed by atoms with van der Waals surface area (Å²) in [4.78, 5) is 0. The lowest BCUT2D eigenvalue weighted by Crippen LogP contribution is -2.39. The van der Waals surface area contributed by atoms with Gasteiger partial charge in [0.05, 0.1) is 5.60 Å². The molecule has 0 saturated heterocycles. The molecule has 0 spiro atoms. The van der Waals surface area contributed by atoms with Gasteiger partial charge in [0.2, 0.25) is 0 Å². The summed E-state index contributed by atoms with van der Waals surface area (Å²) in [6, 6.07) is 10.5. The highest BCUT2D eigenvalue weighted by molar-refractivity contribution is 5.24. The second kappa shape index (κ2) is 6.07. The van der Waals surface area contributed by atoms with Crippen LogP contribution in [0.25, 0.3) is 0 Å². The van der Waals surface area contributed by atoms with Crippen LogP contribution < -0.4 is 0 Å². The smallest absolute Gasteiger partial charge is 0.0725 e. The van der Waals surface area contributed by atoms with Crippen molar-refractivity contribution in [1.82, 2.24) is 0 Å². The summed E-state index contributed by atoms with van der Waals surface area (Å²) < 4.78 is 0. The third kappa shape index (κ3) is 2.94. The van der Waals surface area contributed by atoms with Gasteiger partial charge in [0.1, 0.15) is 0 Å². The Bertz CT molecular complexity index is 426. The van der Waals surface area contributed by atoms with Crippen LogP contribution in [-0.2, 0) is 0 Å². The summed E-state index contributed by atoms with van der Waals surface area (Å²) in [5.41, 5.74) is 0.729. The van der Waals surface area contributed by atoms with E-state index in [1.54, 1.807) is 0 Å². The predicted octanol–water partition coefficient (Wildman–Crippen LogP) is 3.88. The van der Waals surface area contributed by atoms with Gasteiger partial charge in [-0.2, -0.15) is 0 Å². The molecule has 1 aromatic carbocycles. The SMILES string of the molecule is CC#CCCC1(O)CCCCC1c1ccccc1. The average molecular weight is 242 g/mol. The van der Waals surface area contributed by atoms with Crippen LogP contribution in [0.5, 0.6) is 0 Å². The fourth-order valence-corrected chi connectivity index (χ4v) is 3.09. The molecule has 1 heteroatoms. The maximum Gasteiger partial charge on any atom is 0.0725 e. The van der Waals surface area contributed by atoms with Crippen LogP contribution in [0.15, 0.2) is 30.3 Å². The first kappa shape index (κ1) is 13.2. The first-order valence-electron chi connectivity index (χ1n) is 6.93. The summed E-state index contributed by atoms with van der Waals surface area (Å²) in [6.07, 6.45) is 5.97. The van der Waals surface area contributed by atoms with Crippen LogP contribution in [0.4, 0.5) is 0 Å². The minimum absolute atomic E-state index is 0.283. The van der Waals surface area contributed by atoms with Crippen molar-refractivity contribution in [3.8, 4) is 11.8 Å². The molecule has 1 nitrogen and oxygen atoms in total. The number of rotatable bonds is 3. The number of hydrogen-bond donors (Lipinski definition) is 1. The molecule has 0 bridgehead atoms. The number of benzene rings is 1. The molecular weight excluding hydrogens is 220 g/mol. The Morgan fingerprint density at radius 3 is 2.78 bits per heavy atom. The molecule has 1 saturated carbocycles. The minimum Gasteiger partial charge on any atom is -0.389 e. The highest BCUT2D eigenvalue weighted by Gasteiger charge is 2.38. The van der Waals surface area contributed by atoms with Crippen molar-refractivity contribution in [3.05, 3.63) is 35.9 Å².